The van der Waals surface area contributed by atoms with E-state index < -0.39 is 5.97 Å². The molecule has 2 aromatic rings. The average Bonchev–Trinajstić information content (AvgIpc) is 2.52. The molecule has 15 heavy (non-hydrogen) atoms. The highest BCUT2D eigenvalue weighted by Gasteiger charge is 2.16. The third-order valence-electron chi connectivity index (χ3n) is 2.34. The predicted molar refractivity (Wildman–Crippen MR) is 54.3 cm³/mol. The van der Waals surface area contributed by atoms with Gasteiger partial charge in [-0.1, -0.05) is 0 Å². The summed E-state index contributed by atoms with van der Waals surface area (Å²) < 4.78 is 17.7. The molecule has 0 unspecified atom stereocenters. The van der Waals surface area contributed by atoms with E-state index in [1.54, 1.807) is 13.0 Å². The third kappa shape index (κ3) is 1.48. The highest BCUT2D eigenvalue weighted by molar-refractivity contribution is 6.05. The van der Waals surface area contributed by atoms with Crippen LogP contribution in [0.4, 0.5) is 4.39 Å². The fraction of sp³-hybridized carbons (Fsp3) is 0.182. The average molecular weight is 207 g/mol. The van der Waals surface area contributed by atoms with Crippen LogP contribution in [0.5, 0.6) is 0 Å². The van der Waals surface area contributed by atoms with Crippen molar-refractivity contribution in [1.82, 2.24) is 4.98 Å². The van der Waals surface area contributed by atoms with Crippen LogP contribution in [0.2, 0.25) is 0 Å². The summed E-state index contributed by atoms with van der Waals surface area (Å²) in [6.07, 6.45) is 0. The van der Waals surface area contributed by atoms with Gasteiger partial charge in [0.2, 0.25) is 0 Å². The lowest BCUT2D eigenvalue weighted by Gasteiger charge is -1.98. The second kappa shape index (κ2) is 3.38. The number of aromatic nitrogens is 1. The van der Waals surface area contributed by atoms with Crippen molar-refractivity contribution < 1.29 is 13.9 Å². The number of fused-ring (bicyclic) bond motifs is 1. The van der Waals surface area contributed by atoms with Gasteiger partial charge in [-0.05, 0) is 25.1 Å². The lowest BCUT2D eigenvalue weighted by molar-refractivity contribution is 0.0602. The Kier molecular flexibility index (Phi) is 2.19. The normalized spacial score (nSPS) is 10.6. The lowest BCUT2D eigenvalue weighted by atomic mass is 10.1. The Balaban J connectivity index is 2.76. The second-order valence-electron chi connectivity index (χ2n) is 3.31. The Hall–Kier alpha value is -1.84. The minimum Gasteiger partial charge on any atom is -0.465 e. The summed E-state index contributed by atoms with van der Waals surface area (Å²) in [6.45, 7) is 1.75. The first-order valence-corrected chi connectivity index (χ1v) is 4.49. The van der Waals surface area contributed by atoms with Crippen LogP contribution < -0.4 is 0 Å². The molecule has 1 aromatic heterocycles. The zero-order valence-corrected chi connectivity index (χ0v) is 8.43. The van der Waals surface area contributed by atoms with Crippen LogP contribution in [0.25, 0.3) is 10.9 Å². The van der Waals surface area contributed by atoms with Gasteiger partial charge in [0.25, 0.3) is 0 Å². The van der Waals surface area contributed by atoms with Crippen LogP contribution in [0, 0.1) is 12.7 Å². The molecular weight excluding hydrogens is 197 g/mol. The molecule has 0 aliphatic heterocycles. The van der Waals surface area contributed by atoms with E-state index in [1.807, 2.05) is 0 Å². The molecule has 0 spiro atoms. The van der Waals surface area contributed by atoms with E-state index in [0.717, 1.165) is 5.52 Å². The van der Waals surface area contributed by atoms with Gasteiger partial charge in [0.1, 0.15) is 5.82 Å². The fourth-order valence-electron chi connectivity index (χ4n) is 1.66. The molecule has 0 aliphatic carbocycles. The smallest absolute Gasteiger partial charge is 0.340 e. The number of carbonyl (C=O) groups is 1. The molecule has 0 aliphatic rings. The van der Waals surface area contributed by atoms with Crippen LogP contribution in [-0.2, 0) is 4.74 Å². The largest absolute Gasteiger partial charge is 0.465 e. The minimum absolute atomic E-state index is 0.369. The van der Waals surface area contributed by atoms with Crippen LogP contribution >= 0.6 is 0 Å². The second-order valence-corrected chi connectivity index (χ2v) is 3.31. The summed E-state index contributed by atoms with van der Waals surface area (Å²) in [7, 11) is 1.31. The Bertz CT molecular complexity index is 531. The van der Waals surface area contributed by atoms with Crippen molar-refractivity contribution in [2.75, 3.05) is 7.11 Å². The summed E-state index contributed by atoms with van der Waals surface area (Å²) in [5.41, 5.74) is 1.81. The number of hydrogen-bond donors (Lipinski definition) is 1. The standard InChI is InChI=1S/C11H10FNO2/c1-6-10(11(14)15-2)8-5-7(12)3-4-9(8)13-6/h3-5,13H,1-2H3. The SMILES string of the molecule is COC(=O)c1c(C)[nH]c2ccc(F)cc12. The van der Waals surface area contributed by atoms with E-state index >= 15 is 0 Å². The van der Waals surface area contributed by atoms with Gasteiger partial charge in [0.05, 0.1) is 12.7 Å². The van der Waals surface area contributed by atoms with Crippen LogP contribution in [0.15, 0.2) is 18.2 Å². The molecule has 0 amide bonds. The number of halogens is 1. The number of nitrogens with one attached hydrogen (secondary N) is 1. The zero-order chi connectivity index (χ0) is 11.0. The first-order chi connectivity index (χ1) is 7.13. The summed E-state index contributed by atoms with van der Waals surface area (Å²) in [6, 6.07) is 4.27. The number of ether oxygens (including phenoxy) is 1. The van der Waals surface area contributed by atoms with Gasteiger partial charge in [-0.15, -0.1) is 0 Å². The van der Waals surface area contributed by atoms with E-state index in [0.29, 0.717) is 16.6 Å². The molecule has 2 rings (SSSR count). The molecule has 1 heterocycles. The molecule has 0 saturated heterocycles. The number of carbonyl (C=O) groups excluding carboxylic acids is 1. The summed E-state index contributed by atoms with van der Waals surface area (Å²) in [5.74, 6) is -0.823. The molecular formula is C11H10FNO2. The van der Waals surface area contributed by atoms with Crippen molar-refractivity contribution in [1.29, 1.82) is 0 Å². The number of aryl methyl sites for hydroxylation is 1. The maximum atomic E-state index is 13.0. The van der Waals surface area contributed by atoms with Gasteiger partial charge in [-0.2, -0.15) is 0 Å². The van der Waals surface area contributed by atoms with Gasteiger partial charge in [0.15, 0.2) is 0 Å². The number of methoxy groups -OCH3 is 1. The van der Waals surface area contributed by atoms with E-state index in [4.69, 9.17) is 0 Å². The van der Waals surface area contributed by atoms with E-state index in [9.17, 15) is 9.18 Å². The third-order valence-corrected chi connectivity index (χ3v) is 2.34. The highest BCUT2D eigenvalue weighted by Crippen LogP contribution is 2.23. The molecule has 0 atom stereocenters. The van der Waals surface area contributed by atoms with E-state index in [2.05, 4.69) is 9.72 Å². The Labute approximate surface area is 85.9 Å². The Morgan fingerprint density at radius 2 is 2.20 bits per heavy atom. The van der Waals surface area contributed by atoms with Gasteiger partial charge >= 0.3 is 5.97 Å². The lowest BCUT2D eigenvalue weighted by Crippen LogP contribution is -2.02. The van der Waals surface area contributed by atoms with Crippen molar-refractivity contribution in [3.8, 4) is 0 Å². The molecule has 0 bridgehead atoms. The molecule has 1 N–H and O–H groups in total. The molecule has 0 saturated carbocycles. The number of rotatable bonds is 1. The van der Waals surface area contributed by atoms with Gasteiger partial charge in [0, 0.05) is 16.6 Å². The Morgan fingerprint density at radius 1 is 1.47 bits per heavy atom. The van der Waals surface area contributed by atoms with Crippen LogP contribution in [-0.4, -0.2) is 18.1 Å². The van der Waals surface area contributed by atoms with Crippen LogP contribution in [0.3, 0.4) is 0 Å². The van der Waals surface area contributed by atoms with Gasteiger partial charge in [-0.25, -0.2) is 9.18 Å². The number of hydrogen-bond acceptors (Lipinski definition) is 2. The molecule has 4 heteroatoms. The van der Waals surface area contributed by atoms with Crippen molar-refractivity contribution in [2.45, 2.75) is 6.92 Å². The Morgan fingerprint density at radius 3 is 2.87 bits per heavy atom. The van der Waals surface area contributed by atoms with Crippen molar-refractivity contribution in [3.63, 3.8) is 0 Å². The van der Waals surface area contributed by atoms with Gasteiger partial charge < -0.3 is 9.72 Å². The number of benzene rings is 1. The van der Waals surface area contributed by atoms with Crippen molar-refractivity contribution >= 4 is 16.9 Å². The number of aromatic amines is 1. The van der Waals surface area contributed by atoms with Crippen molar-refractivity contribution in [3.05, 3.63) is 35.3 Å². The maximum absolute atomic E-state index is 13.0. The minimum atomic E-state index is -0.454. The molecule has 3 nitrogen and oxygen atoms in total. The highest BCUT2D eigenvalue weighted by atomic mass is 19.1. The van der Waals surface area contributed by atoms with E-state index in [-0.39, 0.29) is 5.82 Å². The fourth-order valence-corrected chi connectivity index (χ4v) is 1.66. The monoisotopic (exact) mass is 207 g/mol. The number of H-pyrrole nitrogens is 1. The maximum Gasteiger partial charge on any atom is 0.340 e. The van der Waals surface area contributed by atoms with Gasteiger partial charge in [-0.3, -0.25) is 0 Å². The van der Waals surface area contributed by atoms with Crippen LogP contribution in [0.1, 0.15) is 16.1 Å². The number of esters is 1. The quantitative estimate of drug-likeness (QED) is 0.729. The zero-order valence-electron chi connectivity index (χ0n) is 8.43. The summed E-state index contributed by atoms with van der Waals surface area (Å²) in [4.78, 5) is 14.5. The summed E-state index contributed by atoms with van der Waals surface area (Å²) >= 11 is 0. The molecule has 78 valence electrons. The molecule has 1 aromatic carbocycles. The molecule has 0 radical (unpaired) electrons. The predicted octanol–water partition coefficient (Wildman–Crippen LogP) is 2.40. The molecule has 0 fully saturated rings. The van der Waals surface area contributed by atoms with E-state index in [1.165, 1.54) is 19.2 Å². The summed E-state index contributed by atoms with van der Waals surface area (Å²) in [5, 5.41) is 0.555. The first-order valence-electron chi connectivity index (χ1n) is 4.49. The first kappa shape index (κ1) is 9.71. The topological polar surface area (TPSA) is 42.1 Å². The van der Waals surface area contributed by atoms with Crippen molar-refractivity contribution in [2.24, 2.45) is 0 Å².